The van der Waals surface area contributed by atoms with Gasteiger partial charge in [0.1, 0.15) is 24.1 Å². The summed E-state index contributed by atoms with van der Waals surface area (Å²) in [6, 6.07) is 5.65. The normalized spacial score (nSPS) is 17.4. The maximum Gasteiger partial charge on any atom is 0.332 e. The van der Waals surface area contributed by atoms with Crippen molar-refractivity contribution in [3.8, 4) is 0 Å². The smallest absolute Gasteiger partial charge is 0.332 e. The number of nitrogens with zero attached hydrogens (tertiary/aromatic N) is 1. The molecular formula is C23H34N4O5. The average molecular weight is 447 g/mol. The third kappa shape index (κ3) is 7.96. The van der Waals surface area contributed by atoms with Crippen molar-refractivity contribution in [1.29, 1.82) is 5.41 Å². The molecule has 0 aliphatic carbocycles. The number of nitrogens with two attached hydrogens (primary N) is 1. The SMILES string of the molecule is C[C@H](NC(=O)c1ccc(C(=N)N)cc1)C(=O)N1CCCC(COCC(=O)OC(C)(C)C)C1. The Hall–Kier alpha value is -2.94. The molecule has 4 N–H and O–H groups in total. The van der Waals surface area contributed by atoms with Crippen LogP contribution < -0.4 is 11.1 Å². The minimum atomic E-state index is -0.684. The van der Waals surface area contributed by atoms with Gasteiger partial charge >= 0.3 is 5.97 Å². The van der Waals surface area contributed by atoms with Crippen molar-refractivity contribution in [2.24, 2.45) is 11.7 Å². The molecule has 0 radical (unpaired) electrons. The van der Waals surface area contributed by atoms with Crippen molar-refractivity contribution in [2.75, 3.05) is 26.3 Å². The van der Waals surface area contributed by atoms with Gasteiger partial charge in [-0.25, -0.2) is 4.79 Å². The van der Waals surface area contributed by atoms with Crippen molar-refractivity contribution in [1.82, 2.24) is 10.2 Å². The molecule has 0 spiro atoms. The van der Waals surface area contributed by atoms with Gasteiger partial charge in [0.15, 0.2) is 0 Å². The van der Waals surface area contributed by atoms with E-state index < -0.39 is 17.6 Å². The molecule has 1 unspecified atom stereocenters. The number of ether oxygens (including phenoxy) is 2. The van der Waals surface area contributed by atoms with Crippen molar-refractivity contribution in [3.63, 3.8) is 0 Å². The van der Waals surface area contributed by atoms with Gasteiger partial charge in [0.25, 0.3) is 5.91 Å². The van der Waals surface area contributed by atoms with Crippen LogP contribution in [0.3, 0.4) is 0 Å². The Balaban J connectivity index is 1.81. The van der Waals surface area contributed by atoms with Crippen LogP contribution in [0.25, 0.3) is 0 Å². The van der Waals surface area contributed by atoms with Crippen molar-refractivity contribution < 1.29 is 23.9 Å². The molecule has 1 aliphatic heterocycles. The first kappa shape index (κ1) is 25.3. The molecule has 0 aromatic heterocycles. The molecule has 9 heteroatoms. The Kier molecular flexibility index (Phi) is 8.77. The number of benzene rings is 1. The van der Waals surface area contributed by atoms with Gasteiger partial charge in [-0.15, -0.1) is 0 Å². The van der Waals surface area contributed by atoms with Crippen molar-refractivity contribution in [3.05, 3.63) is 35.4 Å². The second kappa shape index (κ2) is 11.1. The molecule has 1 aromatic rings. The summed E-state index contributed by atoms with van der Waals surface area (Å²) in [5, 5.41) is 10.1. The van der Waals surface area contributed by atoms with Crippen LogP contribution in [0.5, 0.6) is 0 Å². The Morgan fingerprint density at radius 1 is 1.22 bits per heavy atom. The average Bonchev–Trinajstić information content (AvgIpc) is 2.72. The number of nitrogen functional groups attached to an aromatic ring is 1. The minimum absolute atomic E-state index is 0.0739. The Labute approximate surface area is 189 Å². The van der Waals surface area contributed by atoms with Gasteiger partial charge < -0.3 is 25.4 Å². The summed E-state index contributed by atoms with van der Waals surface area (Å²) < 4.78 is 10.7. The number of hydrogen-bond donors (Lipinski definition) is 3. The van der Waals surface area contributed by atoms with E-state index in [1.54, 1.807) is 56.9 Å². The number of likely N-dealkylation sites (tertiary alicyclic amines) is 1. The van der Waals surface area contributed by atoms with E-state index in [0.29, 0.717) is 30.8 Å². The molecule has 1 aromatic carbocycles. The van der Waals surface area contributed by atoms with Gasteiger partial charge in [-0.2, -0.15) is 0 Å². The third-order valence-corrected chi connectivity index (χ3v) is 5.00. The highest BCUT2D eigenvalue weighted by Gasteiger charge is 2.28. The summed E-state index contributed by atoms with van der Waals surface area (Å²) in [6.45, 7) is 8.45. The lowest BCUT2D eigenvalue weighted by molar-refractivity contribution is -0.161. The van der Waals surface area contributed by atoms with E-state index in [0.717, 1.165) is 12.8 Å². The van der Waals surface area contributed by atoms with Gasteiger partial charge in [0.2, 0.25) is 5.91 Å². The van der Waals surface area contributed by atoms with Gasteiger partial charge in [0.05, 0.1) is 6.61 Å². The van der Waals surface area contributed by atoms with E-state index in [1.807, 2.05) is 0 Å². The number of carbonyl (C=O) groups excluding carboxylic acids is 3. The molecule has 1 aliphatic rings. The standard InChI is InChI=1S/C23H34N4O5/c1-15(26-21(29)18-9-7-17(8-10-18)20(24)25)22(30)27-11-5-6-16(12-27)13-31-14-19(28)32-23(2,3)4/h7-10,15-16H,5-6,11-14H2,1-4H3,(H3,24,25)(H,26,29)/t15-,16?/m0/s1. The zero-order valence-corrected chi connectivity index (χ0v) is 19.3. The lowest BCUT2D eigenvalue weighted by Gasteiger charge is -2.34. The predicted octanol–water partition coefficient (Wildman–Crippen LogP) is 1.69. The van der Waals surface area contributed by atoms with Crippen LogP contribution >= 0.6 is 0 Å². The van der Waals surface area contributed by atoms with E-state index >= 15 is 0 Å². The Morgan fingerprint density at radius 2 is 1.84 bits per heavy atom. The molecule has 1 fully saturated rings. The Bertz CT molecular complexity index is 832. The number of piperidine rings is 1. The lowest BCUT2D eigenvalue weighted by atomic mass is 9.98. The summed E-state index contributed by atoms with van der Waals surface area (Å²) in [4.78, 5) is 38.8. The zero-order chi connectivity index (χ0) is 23.9. The molecular weight excluding hydrogens is 412 g/mol. The minimum Gasteiger partial charge on any atom is -0.458 e. The van der Waals surface area contributed by atoms with E-state index in [9.17, 15) is 14.4 Å². The largest absolute Gasteiger partial charge is 0.458 e. The number of nitrogens with one attached hydrogen (secondary N) is 2. The van der Waals surface area contributed by atoms with Crippen LogP contribution in [0.2, 0.25) is 0 Å². The first-order valence-corrected chi connectivity index (χ1v) is 10.8. The number of amides is 2. The first-order chi connectivity index (χ1) is 15.0. The lowest BCUT2D eigenvalue weighted by Crippen LogP contribution is -2.50. The molecule has 32 heavy (non-hydrogen) atoms. The van der Waals surface area contributed by atoms with Crippen LogP contribution in [-0.4, -0.2) is 66.5 Å². The van der Waals surface area contributed by atoms with Crippen molar-refractivity contribution in [2.45, 2.75) is 52.2 Å². The number of carbonyl (C=O) groups is 3. The fourth-order valence-corrected chi connectivity index (χ4v) is 3.50. The fourth-order valence-electron chi connectivity index (χ4n) is 3.50. The molecule has 0 bridgehead atoms. The summed E-state index contributed by atoms with van der Waals surface area (Å²) in [5.74, 6) is -0.882. The second-order valence-electron chi connectivity index (χ2n) is 9.08. The van der Waals surface area contributed by atoms with E-state index in [1.165, 1.54) is 0 Å². The number of amidine groups is 1. The van der Waals surface area contributed by atoms with Crippen LogP contribution in [0.15, 0.2) is 24.3 Å². The van der Waals surface area contributed by atoms with Crippen LogP contribution in [0.1, 0.15) is 56.5 Å². The quantitative estimate of drug-likeness (QED) is 0.316. The number of rotatable bonds is 8. The summed E-state index contributed by atoms with van der Waals surface area (Å²) >= 11 is 0. The van der Waals surface area contributed by atoms with Crippen LogP contribution in [0.4, 0.5) is 0 Å². The maximum absolute atomic E-state index is 12.8. The van der Waals surface area contributed by atoms with E-state index in [4.69, 9.17) is 20.6 Å². The van der Waals surface area contributed by atoms with Crippen LogP contribution in [0, 0.1) is 11.3 Å². The van der Waals surface area contributed by atoms with E-state index in [-0.39, 0.29) is 30.2 Å². The fraction of sp³-hybridized carbons (Fsp3) is 0.565. The maximum atomic E-state index is 12.8. The number of hydrogen-bond acceptors (Lipinski definition) is 6. The summed E-state index contributed by atoms with van der Waals surface area (Å²) in [7, 11) is 0. The van der Waals surface area contributed by atoms with Crippen LogP contribution in [-0.2, 0) is 19.1 Å². The highest BCUT2D eigenvalue weighted by atomic mass is 16.6. The predicted molar refractivity (Wildman–Crippen MR) is 120 cm³/mol. The van der Waals surface area contributed by atoms with Crippen molar-refractivity contribution >= 4 is 23.6 Å². The van der Waals surface area contributed by atoms with Gasteiger partial charge in [-0.05, 0) is 58.6 Å². The zero-order valence-electron chi connectivity index (χ0n) is 19.3. The highest BCUT2D eigenvalue weighted by molar-refractivity contribution is 5.99. The molecule has 2 atom stereocenters. The molecule has 2 rings (SSSR count). The molecule has 176 valence electrons. The topological polar surface area (TPSA) is 135 Å². The molecule has 1 saturated heterocycles. The summed E-state index contributed by atoms with van der Waals surface area (Å²) in [6.07, 6.45) is 1.74. The van der Waals surface area contributed by atoms with Gasteiger partial charge in [0, 0.05) is 24.2 Å². The molecule has 0 saturated carbocycles. The summed E-state index contributed by atoms with van der Waals surface area (Å²) in [5.41, 5.74) is 5.79. The third-order valence-electron chi connectivity index (χ3n) is 5.00. The van der Waals surface area contributed by atoms with Gasteiger partial charge in [-0.3, -0.25) is 15.0 Å². The molecule has 1 heterocycles. The second-order valence-corrected chi connectivity index (χ2v) is 9.08. The molecule has 2 amide bonds. The highest BCUT2D eigenvalue weighted by Crippen LogP contribution is 2.18. The monoisotopic (exact) mass is 446 g/mol. The number of esters is 1. The Morgan fingerprint density at radius 3 is 2.44 bits per heavy atom. The van der Waals surface area contributed by atoms with Gasteiger partial charge in [-0.1, -0.05) is 12.1 Å². The first-order valence-electron chi connectivity index (χ1n) is 10.8. The van der Waals surface area contributed by atoms with E-state index in [2.05, 4.69) is 5.32 Å². The molecule has 9 nitrogen and oxygen atoms in total.